The van der Waals surface area contributed by atoms with Crippen molar-refractivity contribution in [2.75, 3.05) is 28.4 Å². The molecule has 0 fully saturated rings. The highest BCUT2D eigenvalue weighted by Gasteiger charge is 2.74. The predicted molar refractivity (Wildman–Crippen MR) is 120 cm³/mol. The summed E-state index contributed by atoms with van der Waals surface area (Å²) in [4.78, 5) is 65.4. The molecule has 0 aliphatic heterocycles. The van der Waals surface area contributed by atoms with Crippen LogP contribution in [-0.4, -0.2) is 58.6 Å². The summed E-state index contributed by atoms with van der Waals surface area (Å²) in [5, 5.41) is 0. The van der Waals surface area contributed by atoms with Crippen LogP contribution in [0.1, 0.15) is 20.8 Å². The zero-order chi connectivity index (χ0) is 26.0. The first-order valence-corrected chi connectivity index (χ1v) is 10.9. The molecule has 4 atom stereocenters. The lowest BCUT2D eigenvalue weighted by Crippen LogP contribution is -2.50. The fourth-order valence-electron chi connectivity index (χ4n) is 7.08. The molecule has 0 aromatic carbocycles. The fraction of sp³-hybridized carbons (Fsp3) is 0.423. The second kappa shape index (κ2) is 7.90. The van der Waals surface area contributed by atoms with Gasteiger partial charge in [-0.1, -0.05) is 13.0 Å². The highest BCUT2D eigenvalue weighted by Crippen LogP contribution is 2.75. The maximum atomic E-state index is 13.7. The van der Waals surface area contributed by atoms with Gasteiger partial charge in [-0.15, -0.1) is 0 Å². The molecule has 0 saturated carbocycles. The Kier molecular flexibility index (Phi) is 5.50. The summed E-state index contributed by atoms with van der Waals surface area (Å²) in [6.45, 7) is 5.34. The molecule has 0 unspecified atom stereocenters. The van der Waals surface area contributed by atoms with Gasteiger partial charge in [-0.25, -0.2) is 14.4 Å². The topological polar surface area (TPSA) is 122 Å². The molecule has 0 heterocycles. The lowest BCUT2D eigenvalue weighted by molar-refractivity contribution is -0.155. The Balaban J connectivity index is 2.30. The van der Waals surface area contributed by atoms with E-state index in [1.165, 1.54) is 27.4 Å². The Labute approximate surface area is 202 Å². The first-order chi connectivity index (χ1) is 16.5. The number of carbonyl (C=O) groups is 5. The predicted octanol–water partition coefficient (Wildman–Crippen LogP) is 1.94. The van der Waals surface area contributed by atoms with E-state index in [-0.39, 0.29) is 27.9 Å². The van der Waals surface area contributed by atoms with E-state index in [0.29, 0.717) is 23.0 Å². The van der Waals surface area contributed by atoms with E-state index in [4.69, 9.17) is 18.9 Å². The molecule has 4 aliphatic carbocycles. The Hall–Kier alpha value is -3.75. The van der Waals surface area contributed by atoms with Gasteiger partial charge >= 0.3 is 23.9 Å². The quantitative estimate of drug-likeness (QED) is 0.329. The van der Waals surface area contributed by atoms with E-state index in [9.17, 15) is 24.0 Å². The fourth-order valence-corrected chi connectivity index (χ4v) is 7.08. The minimum absolute atomic E-state index is 0.00907. The molecule has 0 N–H and O–H groups in total. The van der Waals surface area contributed by atoms with E-state index in [1.807, 2.05) is 6.92 Å². The monoisotopic (exact) mass is 482 g/mol. The van der Waals surface area contributed by atoms with Crippen LogP contribution >= 0.6 is 0 Å². The molecular formula is C26H26O9. The van der Waals surface area contributed by atoms with E-state index < -0.39 is 46.5 Å². The van der Waals surface area contributed by atoms with Crippen LogP contribution in [0.15, 0.2) is 56.7 Å². The van der Waals surface area contributed by atoms with Crippen molar-refractivity contribution in [1.82, 2.24) is 0 Å². The molecule has 9 nitrogen and oxygen atoms in total. The van der Waals surface area contributed by atoms with E-state index in [0.717, 1.165) is 7.11 Å². The van der Waals surface area contributed by atoms with Crippen LogP contribution in [0.2, 0.25) is 0 Å². The summed E-state index contributed by atoms with van der Waals surface area (Å²) < 4.78 is 20.4. The first kappa shape index (κ1) is 24.4. The molecule has 0 amide bonds. The second-order valence-corrected chi connectivity index (χ2v) is 9.12. The number of allylic oxidation sites excluding steroid dienone is 5. The average molecular weight is 482 g/mol. The molecule has 0 aromatic rings. The van der Waals surface area contributed by atoms with Gasteiger partial charge in [0.15, 0.2) is 0 Å². The Bertz CT molecular complexity index is 1270. The highest BCUT2D eigenvalue weighted by molar-refractivity contribution is 6.11. The molecule has 0 bridgehead atoms. The van der Waals surface area contributed by atoms with E-state index in [2.05, 4.69) is 0 Å². The minimum atomic E-state index is -1.61. The number of hydrogen-bond acceptors (Lipinski definition) is 9. The van der Waals surface area contributed by atoms with Crippen molar-refractivity contribution in [3.8, 4) is 0 Å². The maximum absolute atomic E-state index is 13.7. The van der Waals surface area contributed by atoms with E-state index in [1.54, 1.807) is 19.9 Å². The number of hydrogen-bond donors (Lipinski definition) is 0. The van der Waals surface area contributed by atoms with Gasteiger partial charge in [0.25, 0.3) is 0 Å². The van der Waals surface area contributed by atoms with Crippen LogP contribution in [0.25, 0.3) is 0 Å². The van der Waals surface area contributed by atoms with Gasteiger partial charge in [0.05, 0.1) is 45.2 Å². The van der Waals surface area contributed by atoms with Gasteiger partial charge in [0, 0.05) is 22.8 Å². The van der Waals surface area contributed by atoms with Crippen LogP contribution in [-0.2, 0) is 42.9 Å². The lowest BCUT2D eigenvalue weighted by atomic mass is 9.52. The molecule has 0 aromatic heterocycles. The molecule has 0 saturated heterocycles. The largest absolute Gasteiger partial charge is 0.468 e. The third-order valence-electron chi connectivity index (χ3n) is 7.97. The summed E-state index contributed by atoms with van der Waals surface area (Å²) in [6.07, 6.45) is 3.70. The second-order valence-electron chi connectivity index (χ2n) is 9.12. The van der Waals surface area contributed by atoms with Crippen LogP contribution in [0.3, 0.4) is 0 Å². The third-order valence-corrected chi connectivity index (χ3v) is 7.97. The van der Waals surface area contributed by atoms with Gasteiger partial charge in [-0.2, -0.15) is 0 Å². The lowest BCUT2D eigenvalue weighted by Gasteiger charge is -2.49. The summed E-state index contributed by atoms with van der Waals surface area (Å²) in [5.74, 6) is -4.85. The van der Waals surface area contributed by atoms with Gasteiger partial charge < -0.3 is 18.9 Å². The summed E-state index contributed by atoms with van der Waals surface area (Å²) in [7, 11) is 4.75. The van der Waals surface area contributed by atoms with Crippen molar-refractivity contribution in [2.45, 2.75) is 20.8 Å². The third kappa shape index (κ3) is 2.61. The molecule has 4 rings (SSSR count). The van der Waals surface area contributed by atoms with E-state index >= 15 is 0 Å². The van der Waals surface area contributed by atoms with Crippen LogP contribution < -0.4 is 0 Å². The molecule has 9 heteroatoms. The standard InChI is InChI=1S/C26H26O9/c1-11-8-13(10-27)19-17(23(30)34-6)16(22(29)33-5)14-9-15(21(28)32-4)26(24(31)35-7)12(2)18(11)25(19,3)20(14)26/h8-10,14,20H,1-7H3/t14-,20-,25+,26+/m0/s1. The minimum Gasteiger partial charge on any atom is -0.468 e. The van der Waals surface area contributed by atoms with Crippen LogP contribution in [0.5, 0.6) is 0 Å². The average Bonchev–Trinajstić information content (AvgIpc) is 3.32. The molecule has 0 radical (unpaired) electrons. The Morgan fingerprint density at radius 1 is 0.886 bits per heavy atom. The molecule has 0 spiro atoms. The molecule has 184 valence electrons. The van der Waals surface area contributed by atoms with Gasteiger partial charge in [-0.3, -0.25) is 9.59 Å². The van der Waals surface area contributed by atoms with Crippen molar-refractivity contribution in [1.29, 1.82) is 0 Å². The van der Waals surface area contributed by atoms with Crippen molar-refractivity contribution in [2.24, 2.45) is 22.7 Å². The van der Waals surface area contributed by atoms with Crippen molar-refractivity contribution in [3.63, 3.8) is 0 Å². The number of aldehydes is 1. The maximum Gasteiger partial charge on any atom is 0.338 e. The zero-order valence-corrected chi connectivity index (χ0v) is 20.6. The summed E-state index contributed by atoms with van der Waals surface area (Å²) >= 11 is 0. The smallest absolute Gasteiger partial charge is 0.338 e. The first-order valence-electron chi connectivity index (χ1n) is 10.9. The van der Waals surface area contributed by atoms with Crippen molar-refractivity contribution < 1.29 is 42.9 Å². The number of carbonyl (C=O) groups excluding carboxylic acids is 5. The van der Waals surface area contributed by atoms with Crippen molar-refractivity contribution in [3.05, 3.63) is 56.7 Å². The normalized spacial score (nSPS) is 30.4. The van der Waals surface area contributed by atoms with Gasteiger partial charge in [0.2, 0.25) is 0 Å². The zero-order valence-electron chi connectivity index (χ0n) is 20.6. The van der Waals surface area contributed by atoms with Gasteiger partial charge in [-0.05, 0) is 42.2 Å². The molecular weight excluding hydrogens is 456 g/mol. The highest BCUT2D eigenvalue weighted by atomic mass is 16.5. The van der Waals surface area contributed by atoms with Crippen molar-refractivity contribution >= 4 is 30.2 Å². The number of ether oxygens (including phenoxy) is 4. The Morgan fingerprint density at radius 2 is 1.49 bits per heavy atom. The number of methoxy groups -OCH3 is 4. The molecule has 35 heavy (non-hydrogen) atoms. The summed E-state index contributed by atoms with van der Waals surface area (Å²) in [5.41, 5.74) is -0.576. The number of esters is 4. The SMILES string of the molecule is COC(=O)C1=C[C@H]2C(C(=O)OC)=C(C(=O)OC)C3=C(C=O)C=C(C)C4=C(C)[C@]1(C(=O)OC)[C@@H]2[C@@]34C. The van der Waals surface area contributed by atoms with Gasteiger partial charge in [0.1, 0.15) is 11.7 Å². The number of rotatable bonds is 5. The van der Waals surface area contributed by atoms with Crippen LogP contribution in [0, 0.1) is 22.7 Å². The van der Waals surface area contributed by atoms with Crippen LogP contribution in [0.4, 0.5) is 0 Å². The molecule has 4 aliphatic rings. The summed E-state index contributed by atoms with van der Waals surface area (Å²) in [6, 6.07) is 0. The Morgan fingerprint density at radius 3 is 2.00 bits per heavy atom.